The van der Waals surface area contributed by atoms with Gasteiger partial charge in [-0.25, -0.2) is 9.97 Å². The summed E-state index contributed by atoms with van der Waals surface area (Å²) in [4.78, 5) is 9.72. The normalized spacial score (nSPS) is 12.7. The summed E-state index contributed by atoms with van der Waals surface area (Å²) < 4.78 is 12.6. The lowest BCUT2D eigenvalue weighted by Gasteiger charge is -2.34. The molecule has 0 radical (unpaired) electrons. The van der Waals surface area contributed by atoms with Gasteiger partial charge in [-0.1, -0.05) is 158 Å². The highest BCUT2D eigenvalue weighted by Gasteiger charge is 2.46. The van der Waals surface area contributed by atoms with E-state index < -0.39 is 5.41 Å². The van der Waals surface area contributed by atoms with Crippen LogP contribution in [-0.2, 0) is 5.41 Å². The molecule has 2 heterocycles. The van der Waals surface area contributed by atoms with Crippen LogP contribution < -0.4 is 0 Å². The van der Waals surface area contributed by atoms with Crippen LogP contribution in [0, 0.1) is 0 Å². The first-order valence-corrected chi connectivity index (χ1v) is 20.6. The predicted molar refractivity (Wildman–Crippen MR) is 246 cm³/mol. The van der Waals surface area contributed by atoms with E-state index in [1.54, 1.807) is 0 Å². The summed E-state index contributed by atoms with van der Waals surface area (Å²) in [5.74, 6) is 1.09. The molecule has 4 nitrogen and oxygen atoms in total. The Balaban J connectivity index is 0.967. The van der Waals surface area contributed by atoms with Gasteiger partial charge in [0.05, 0.1) is 5.41 Å². The Kier molecular flexibility index (Phi) is 8.04. The summed E-state index contributed by atoms with van der Waals surface area (Å²) in [7, 11) is 0. The molecule has 11 aromatic rings. The fourth-order valence-corrected chi connectivity index (χ4v) is 9.41. The minimum atomic E-state index is -0.459. The zero-order chi connectivity index (χ0) is 40.3. The quantitative estimate of drug-likeness (QED) is 0.162. The van der Waals surface area contributed by atoms with Gasteiger partial charge in [0.25, 0.3) is 0 Å². The standard InChI is InChI=1S/C57H36N2O2/c1-3-19-45(20-4-1)57(46-21-5-2-6-22-46)49-24-8-7-23-47(49)48-30-29-41(36-50(48)57)39-17-13-15-37(31-39)38-16-14-18-40(32-38)42-33-43(55-58-51-25-9-11-27-53(51)60-55)35-44(34-42)56-59-52-26-10-12-28-54(52)61-56/h1-36H. The van der Waals surface area contributed by atoms with E-state index in [1.807, 2.05) is 54.6 Å². The zero-order valence-corrected chi connectivity index (χ0v) is 33.0. The maximum atomic E-state index is 6.29. The van der Waals surface area contributed by atoms with E-state index in [0.29, 0.717) is 11.8 Å². The van der Waals surface area contributed by atoms with E-state index >= 15 is 0 Å². The minimum absolute atomic E-state index is 0.459. The van der Waals surface area contributed by atoms with Gasteiger partial charge >= 0.3 is 0 Å². The fourth-order valence-electron chi connectivity index (χ4n) is 9.41. The van der Waals surface area contributed by atoms with E-state index in [1.165, 1.54) is 38.9 Å². The first-order chi connectivity index (χ1) is 30.2. The number of aromatic nitrogens is 2. The molecule has 0 N–H and O–H groups in total. The van der Waals surface area contributed by atoms with Crippen molar-refractivity contribution >= 4 is 22.2 Å². The lowest BCUT2D eigenvalue weighted by atomic mass is 9.67. The van der Waals surface area contributed by atoms with Crippen LogP contribution in [0.3, 0.4) is 0 Å². The van der Waals surface area contributed by atoms with Crippen molar-refractivity contribution < 1.29 is 8.83 Å². The zero-order valence-electron chi connectivity index (χ0n) is 33.0. The van der Waals surface area contributed by atoms with Crippen molar-refractivity contribution in [2.75, 3.05) is 0 Å². The Morgan fingerprint density at radius 3 is 1.28 bits per heavy atom. The number of rotatable bonds is 7. The molecule has 12 rings (SSSR count). The summed E-state index contributed by atoms with van der Waals surface area (Å²) >= 11 is 0. The van der Waals surface area contributed by atoms with Crippen LogP contribution in [0.1, 0.15) is 22.3 Å². The van der Waals surface area contributed by atoms with Crippen LogP contribution >= 0.6 is 0 Å². The number of nitrogens with zero attached hydrogens (tertiary/aromatic N) is 2. The van der Waals surface area contributed by atoms with E-state index in [-0.39, 0.29) is 0 Å². The van der Waals surface area contributed by atoms with Crippen LogP contribution in [0.2, 0.25) is 0 Å². The van der Waals surface area contributed by atoms with Gasteiger partial charge in [-0.05, 0) is 127 Å². The van der Waals surface area contributed by atoms with Gasteiger partial charge in [0.1, 0.15) is 11.0 Å². The SMILES string of the molecule is c1ccc(C2(c3ccccc3)c3ccccc3-c3ccc(-c4cccc(-c5cccc(-c6cc(-c7nc8ccccc8o7)cc(-c7nc8ccccc8o7)c6)c5)c4)cc32)cc1. The molecule has 0 unspecified atom stereocenters. The molecule has 0 amide bonds. The largest absolute Gasteiger partial charge is 0.436 e. The number of benzene rings is 9. The second kappa shape index (κ2) is 14.0. The van der Waals surface area contributed by atoms with Crippen molar-refractivity contribution in [3.63, 3.8) is 0 Å². The molecule has 1 aliphatic carbocycles. The third kappa shape index (κ3) is 5.76. The Morgan fingerprint density at radius 2 is 0.721 bits per heavy atom. The molecule has 9 aromatic carbocycles. The van der Waals surface area contributed by atoms with Crippen molar-refractivity contribution in [1.82, 2.24) is 9.97 Å². The third-order valence-corrected chi connectivity index (χ3v) is 12.2. The first kappa shape index (κ1) is 34.9. The second-order valence-corrected chi connectivity index (χ2v) is 15.7. The summed E-state index contributed by atoms with van der Waals surface area (Å²) in [6.45, 7) is 0. The van der Waals surface area contributed by atoms with Crippen molar-refractivity contribution in [3.05, 3.63) is 241 Å². The van der Waals surface area contributed by atoms with Gasteiger partial charge in [-0.2, -0.15) is 0 Å². The van der Waals surface area contributed by atoms with Gasteiger partial charge in [0.15, 0.2) is 11.2 Å². The van der Waals surface area contributed by atoms with E-state index in [4.69, 9.17) is 18.8 Å². The summed E-state index contributed by atoms with van der Waals surface area (Å²) in [6.07, 6.45) is 0. The lowest BCUT2D eigenvalue weighted by molar-refractivity contribution is 0.617. The number of fused-ring (bicyclic) bond motifs is 5. The molecule has 2 aromatic heterocycles. The van der Waals surface area contributed by atoms with Crippen molar-refractivity contribution in [2.24, 2.45) is 0 Å². The van der Waals surface area contributed by atoms with Crippen LogP contribution in [0.25, 0.3) is 89.6 Å². The van der Waals surface area contributed by atoms with Gasteiger partial charge in [0, 0.05) is 11.1 Å². The highest BCUT2D eigenvalue weighted by molar-refractivity contribution is 5.89. The maximum absolute atomic E-state index is 6.29. The Morgan fingerprint density at radius 1 is 0.295 bits per heavy atom. The summed E-state index contributed by atoms with van der Waals surface area (Å²) in [5.41, 5.74) is 18.7. The van der Waals surface area contributed by atoms with Crippen LogP contribution in [0.15, 0.2) is 227 Å². The lowest BCUT2D eigenvalue weighted by Crippen LogP contribution is -2.28. The fraction of sp³-hybridized carbons (Fsp3) is 0.0175. The van der Waals surface area contributed by atoms with Crippen molar-refractivity contribution in [2.45, 2.75) is 5.41 Å². The van der Waals surface area contributed by atoms with Crippen molar-refractivity contribution in [3.8, 4) is 67.4 Å². The Labute approximate surface area is 353 Å². The van der Waals surface area contributed by atoms with Crippen LogP contribution in [0.4, 0.5) is 0 Å². The molecular formula is C57H36N2O2. The van der Waals surface area contributed by atoms with Crippen molar-refractivity contribution in [1.29, 1.82) is 0 Å². The topological polar surface area (TPSA) is 52.1 Å². The average molecular weight is 781 g/mol. The van der Waals surface area contributed by atoms with Gasteiger partial charge < -0.3 is 8.83 Å². The minimum Gasteiger partial charge on any atom is -0.436 e. The van der Waals surface area contributed by atoms with Crippen LogP contribution in [-0.4, -0.2) is 9.97 Å². The maximum Gasteiger partial charge on any atom is 0.227 e. The molecule has 0 spiro atoms. The van der Waals surface area contributed by atoms with E-state index in [0.717, 1.165) is 61.1 Å². The smallest absolute Gasteiger partial charge is 0.227 e. The average Bonchev–Trinajstić information content (AvgIpc) is 4.05. The monoisotopic (exact) mass is 780 g/mol. The molecule has 61 heavy (non-hydrogen) atoms. The molecule has 0 fully saturated rings. The second-order valence-electron chi connectivity index (χ2n) is 15.7. The Hall–Kier alpha value is -8.08. The molecule has 4 heteroatoms. The third-order valence-electron chi connectivity index (χ3n) is 12.2. The number of hydrogen-bond donors (Lipinski definition) is 0. The molecule has 1 aliphatic rings. The summed E-state index contributed by atoms with van der Waals surface area (Å²) in [5, 5.41) is 0. The van der Waals surface area contributed by atoms with Crippen LogP contribution in [0.5, 0.6) is 0 Å². The molecule has 0 bridgehead atoms. The highest BCUT2D eigenvalue weighted by atomic mass is 16.4. The summed E-state index contributed by atoms with van der Waals surface area (Å²) in [6, 6.07) is 77.5. The molecular weight excluding hydrogens is 745 g/mol. The number of oxazole rings is 2. The Bertz CT molecular complexity index is 3240. The van der Waals surface area contributed by atoms with E-state index in [2.05, 4.69) is 164 Å². The molecule has 0 aliphatic heterocycles. The van der Waals surface area contributed by atoms with E-state index in [9.17, 15) is 0 Å². The number of hydrogen-bond acceptors (Lipinski definition) is 4. The number of para-hydroxylation sites is 4. The van der Waals surface area contributed by atoms with Gasteiger partial charge in [0.2, 0.25) is 11.8 Å². The molecule has 0 saturated carbocycles. The van der Waals surface area contributed by atoms with Gasteiger partial charge in [-0.3, -0.25) is 0 Å². The predicted octanol–water partition coefficient (Wildman–Crippen LogP) is 14.7. The first-order valence-electron chi connectivity index (χ1n) is 20.6. The highest BCUT2D eigenvalue weighted by Crippen LogP contribution is 2.56. The van der Waals surface area contributed by atoms with Gasteiger partial charge in [-0.15, -0.1) is 0 Å². The molecule has 286 valence electrons. The molecule has 0 saturated heterocycles. The molecule has 0 atom stereocenters.